The average molecular weight is 430 g/mol. The molecule has 0 aliphatic rings. The Labute approximate surface area is 185 Å². The Morgan fingerprint density at radius 1 is 0.906 bits per heavy atom. The second-order valence-corrected chi connectivity index (χ2v) is 6.99. The monoisotopic (exact) mass is 430 g/mol. The third-order valence-electron chi connectivity index (χ3n) is 4.73. The normalized spacial score (nSPS) is 10.6. The first-order valence-corrected chi connectivity index (χ1v) is 10.0. The van der Waals surface area contributed by atoms with Gasteiger partial charge in [-0.25, -0.2) is 0 Å². The van der Waals surface area contributed by atoms with Crippen LogP contribution in [0.3, 0.4) is 0 Å². The predicted octanol–water partition coefficient (Wildman–Crippen LogP) is 5.11. The van der Waals surface area contributed by atoms with Crippen molar-refractivity contribution in [3.8, 4) is 28.6 Å². The summed E-state index contributed by atoms with van der Waals surface area (Å²) in [6.45, 7) is 1.94. The van der Waals surface area contributed by atoms with Crippen LogP contribution in [0.2, 0.25) is 0 Å². The molecule has 0 bridgehead atoms. The van der Waals surface area contributed by atoms with Crippen molar-refractivity contribution >= 4 is 5.78 Å². The minimum absolute atomic E-state index is 0.113. The molecule has 0 aliphatic carbocycles. The zero-order chi connectivity index (χ0) is 22.3. The molecule has 32 heavy (non-hydrogen) atoms. The van der Waals surface area contributed by atoms with Crippen molar-refractivity contribution < 1.29 is 23.5 Å². The number of hydrogen-bond acceptors (Lipinski definition) is 7. The number of Topliss-reactive ketones (excluding diaryl/α,β-unsaturated/α-hetero) is 1. The lowest BCUT2D eigenvalue weighted by molar-refractivity contribution is 0.101. The quantitative estimate of drug-likeness (QED) is 0.341. The SMILES string of the molecule is COc1cc(-c2noc(COc3ccccc3)n2)c(C(C)=O)cc1OCc1ccccc1. The second kappa shape index (κ2) is 9.78. The summed E-state index contributed by atoms with van der Waals surface area (Å²) in [6, 6.07) is 22.4. The Bertz CT molecular complexity index is 1190. The molecule has 0 atom stereocenters. The number of hydrogen-bond donors (Lipinski definition) is 0. The third kappa shape index (κ3) is 4.95. The molecule has 7 nitrogen and oxygen atoms in total. The lowest BCUT2D eigenvalue weighted by Crippen LogP contribution is -2.03. The highest BCUT2D eigenvalue weighted by molar-refractivity contribution is 6.01. The van der Waals surface area contributed by atoms with Gasteiger partial charge in [-0.3, -0.25) is 4.79 Å². The molecular formula is C25H22N2O5. The van der Waals surface area contributed by atoms with Crippen molar-refractivity contribution in [1.29, 1.82) is 0 Å². The Kier molecular flexibility index (Phi) is 6.46. The van der Waals surface area contributed by atoms with Crippen LogP contribution in [0.4, 0.5) is 0 Å². The summed E-state index contributed by atoms with van der Waals surface area (Å²) >= 11 is 0. The fourth-order valence-electron chi connectivity index (χ4n) is 3.13. The van der Waals surface area contributed by atoms with E-state index in [0.717, 1.165) is 5.56 Å². The molecule has 1 aromatic heterocycles. The van der Waals surface area contributed by atoms with E-state index in [1.54, 1.807) is 12.1 Å². The van der Waals surface area contributed by atoms with Crippen LogP contribution in [0.25, 0.3) is 11.4 Å². The largest absolute Gasteiger partial charge is 0.493 e. The third-order valence-corrected chi connectivity index (χ3v) is 4.73. The number of ether oxygens (including phenoxy) is 3. The molecule has 0 fully saturated rings. The van der Waals surface area contributed by atoms with Crippen molar-refractivity contribution in [2.45, 2.75) is 20.1 Å². The van der Waals surface area contributed by atoms with Gasteiger partial charge in [0.1, 0.15) is 12.4 Å². The summed E-state index contributed by atoms with van der Waals surface area (Å²) in [5.41, 5.74) is 1.91. The summed E-state index contributed by atoms with van der Waals surface area (Å²) in [4.78, 5) is 16.8. The molecule has 4 aromatic rings. The Balaban J connectivity index is 1.58. The van der Waals surface area contributed by atoms with Gasteiger partial charge in [-0.1, -0.05) is 53.7 Å². The van der Waals surface area contributed by atoms with Crippen LogP contribution in [-0.2, 0) is 13.2 Å². The first-order chi connectivity index (χ1) is 15.6. The van der Waals surface area contributed by atoms with Gasteiger partial charge in [-0.05, 0) is 36.8 Å². The molecule has 7 heteroatoms. The zero-order valence-electron chi connectivity index (χ0n) is 17.8. The van der Waals surface area contributed by atoms with E-state index in [1.165, 1.54) is 14.0 Å². The van der Waals surface area contributed by atoms with Gasteiger partial charge in [0.2, 0.25) is 5.82 Å². The predicted molar refractivity (Wildman–Crippen MR) is 118 cm³/mol. The smallest absolute Gasteiger partial charge is 0.264 e. The summed E-state index contributed by atoms with van der Waals surface area (Å²) < 4.78 is 22.4. The number of nitrogens with zero attached hydrogens (tertiary/aromatic N) is 2. The molecule has 0 saturated carbocycles. The molecule has 4 rings (SSSR count). The molecule has 0 aliphatic heterocycles. The van der Waals surface area contributed by atoms with E-state index >= 15 is 0 Å². The molecule has 0 N–H and O–H groups in total. The molecule has 0 spiro atoms. The Morgan fingerprint density at radius 2 is 1.62 bits per heavy atom. The van der Waals surface area contributed by atoms with Gasteiger partial charge in [-0.2, -0.15) is 4.98 Å². The topological polar surface area (TPSA) is 83.7 Å². The van der Waals surface area contributed by atoms with Crippen LogP contribution in [0.5, 0.6) is 17.2 Å². The molecule has 0 unspecified atom stereocenters. The van der Waals surface area contributed by atoms with Crippen LogP contribution in [-0.4, -0.2) is 23.0 Å². The Morgan fingerprint density at radius 3 is 2.31 bits per heavy atom. The number of rotatable bonds is 9. The minimum atomic E-state index is -0.154. The van der Waals surface area contributed by atoms with E-state index in [2.05, 4.69) is 10.1 Å². The van der Waals surface area contributed by atoms with Crippen molar-refractivity contribution in [1.82, 2.24) is 10.1 Å². The maximum absolute atomic E-state index is 12.4. The maximum Gasteiger partial charge on any atom is 0.264 e. The van der Waals surface area contributed by atoms with Gasteiger partial charge in [0.15, 0.2) is 23.9 Å². The number of carbonyl (C=O) groups is 1. The van der Waals surface area contributed by atoms with Crippen molar-refractivity contribution in [3.63, 3.8) is 0 Å². The van der Waals surface area contributed by atoms with Crippen LogP contribution in [0.15, 0.2) is 77.3 Å². The number of ketones is 1. The number of carbonyl (C=O) groups excluding carboxylic acids is 1. The second-order valence-electron chi connectivity index (χ2n) is 6.99. The lowest BCUT2D eigenvalue weighted by atomic mass is 10.0. The van der Waals surface area contributed by atoms with E-state index in [0.29, 0.717) is 40.9 Å². The number of benzene rings is 3. The van der Waals surface area contributed by atoms with E-state index < -0.39 is 0 Å². The maximum atomic E-state index is 12.4. The highest BCUT2D eigenvalue weighted by Crippen LogP contribution is 2.35. The molecule has 0 saturated heterocycles. The summed E-state index contributed by atoms with van der Waals surface area (Å²) in [6.07, 6.45) is 0. The molecule has 3 aromatic carbocycles. The summed E-state index contributed by atoms with van der Waals surface area (Å²) in [7, 11) is 1.54. The molecular weight excluding hydrogens is 408 g/mol. The van der Waals surface area contributed by atoms with Crippen LogP contribution in [0.1, 0.15) is 28.7 Å². The van der Waals surface area contributed by atoms with Gasteiger partial charge < -0.3 is 18.7 Å². The number of aromatic nitrogens is 2. The fraction of sp³-hybridized carbons (Fsp3) is 0.160. The van der Waals surface area contributed by atoms with Crippen molar-refractivity contribution in [3.05, 3.63) is 89.8 Å². The van der Waals surface area contributed by atoms with Crippen LogP contribution < -0.4 is 14.2 Å². The highest BCUT2D eigenvalue weighted by Gasteiger charge is 2.20. The molecule has 162 valence electrons. The summed E-state index contributed by atoms with van der Waals surface area (Å²) in [5, 5.41) is 4.03. The first kappa shape index (κ1) is 21.1. The highest BCUT2D eigenvalue weighted by atomic mass is 16.5. The van der Waals surface area contributed by atoms with Gasteiger partial charge >= 0.3 is 0 Å². The first-order valence-electron chi connectivity index (χ1n) is 10.0. The standard InChI is InChI=1S/C25H22N2O5/c1-17(28)20-13-23(31-15-18-9-5-3-6-10-18)22(29-2)14-21(20)25-26-24(32-27-25)16-30-19-11-7-4-8-12-19/h3-14H,15-16H2,1-2H3. The zero-order valence-corrected chi connectivity index (χ0v) is 17.8. The van der Waals surface area contributed by atoms with Gasteiger partial charge in [0.05, 0.1) is 7.11 Å². The van der Waals surface area contributed by atoms with E-state index in [4.69, 9.17) is 18.7 Å². The van der Waals surface area contributed by atoms with Gasteiger partial charge in [0, 0.05) is 11.1 Å². The minimum Gasteiger partial charge on any atom is -0.493 e. The van der Waals surface area contributed by atoms with Gasteiger partial charge in [0.25, 0.3) is 5.89 Å². The molecule has 0 amide bonds. The number of para-hydroxylation sites is 1. The van der Waals surface area contributed by atoms with E-state index in [9.17, 15) is 4.79 Å². The Hall–Kier alpha value is -4.13. The van der Waals surface area contributed by atoms with Crippen LogP contribution >= 0.6 is 0 Å². The average Bonchev–Trinajstić information content (AvgIpc) is 3.31. The fourth-order valence-corrected chi connectivity index (χ4v) is 3.13. The van der Waals surface area contributed by atoms with Crippen molar-refractivity contribution in [2.75, 3.05) is 7.11 Å². The van der Waals surface area contributed by atoms with Crippen molar-refractivity contribution in [2.24, 2.45) is 0 Å². The van der Waals surface area contributed by atoms with Gasteiger partial charge in [-0.15, -0.1) is 0 Å². The summed E-state index contributed by atoms with van der Waals surface area (Å²) in [5.74, 6) is 2.03. The van der Waals surface area contributed by atoms with Crippen LogP contribution in [0, 0.1) is 0 Å². The molecule has 1 heterocycles. The van der Waals surface area contributed by atoms with E-state index in [1.807, 2.05) is 60.7 Å². The van der Waals surface area contributed by atoms with E-state index in [-0.39, 0.29) is 18.2 Å². The number of methoxy groups -OCH3 is 1. The molecule has 0 radical (unpaired) electrons. The lowest BCUT2D eigenvalue weighted by Gasteiger charge is -2.14.